The van der Waals surface area contributed by atoms with E-state index in [0.717, 1.165) is 43.4 Å². The lowest BCUT2D eigenvalue weighted by atomic mass is 10.0. The van der Waals surface area contributed by atoms with Gasteiger partial charge in [-0.15, -0.1) is 23.7 Å². The number of nitrogens with one attached hydrogen (secondary N) is 1. The summed E-state index contributed by atoms with van der Waals surface area (Å²) in [6.07, 6.45) is 2.17. The second-order valence-corrected chi connectivity index (χ2v) is 10.4. The molecule has 0 aliphatic carbocycles. The Morgan fingerprint density at radius 1 is 1.11 bits per heavy atom. The van der Waals surface area contributed by atoms with Gasteiger partial charge in [-0.05, 0) is 42.5 Å². The number of rotatable bonds is 7. The Labute approximate surface area is 227 Å². The van der Waals surface area contributed by atoms with E-state index >= 15 is 0 Å². The molecule has 5 rings (SSSR count). The van der Waals surface area contributed by atoms with Crippen LogP contribution in [0, 0.1) is 0 Å². The summed E-state index contributed by atoms with van der Waals surface area (Å²) >= 11 is 1.85. The summed E-state index contributed by atoms with van der Waals surface area (Å²) < 4.78 is 8.49. The molecule has 2 aromatic carbocycles. The molecular formula is C28H33ClN4O3S. The third-order valence-corrected chi connectivity index (χ3v) is 8.50. The Hall–Kier alpha value is -3.07. The fourth-order valence-corrected chi connectivity index (χ4v) is 6.23. The third kappa shape index (κ3) is 5.46. The Morgan fingerprint density at radius 2 is 1.86 bits per heavy atom. The van der Waals surface area contributed by atoms with E-state index in [1.54, 1.807) is 18.7 Å². The maximum absolute atomic E-state index is 13.0. The van der Waals surface area contributed by atoms with Gasteiger partial charge in [-0.3, -0.25) is 9.59 Å². The van der Waals surface area contributed by atoms with Crippen LogP contribution >= 0.6 is 23.7 Å². The minimum atomic E-state index is -0.265. The van der Waals surface area contributed by atoms with Crippen molar-refractivity contribution in [3.05, 3.63) is 70.5 Å². The Morgan fingerprint density at radius 3 is 2.57 bits per heavy atom. The van der Waals surface area contributed by atoms with Gasteiger partial charge >= 0.3 is 0 Å². The Bertz CT molecular complexity index is 1430. The van der Waals surface area contributed by atoms with Gasteiger partial charge in [-0.25, -0.2) is 0 Å². The largest absolute Gasteiger partial charge is 0.497 e. The number of carbonyl (C=O) groups excluding carboxylic acids is 1. The minimum absolute atomic E-state index is 0. The van der Waals surface area contributed by atoms with Crippen LogP contribution in [-0.4, -0.2) is 62.3 Å². The molecule has 1 aliphatic rings. The molecule has 1 N–H and O–H groups in total. The van der Waals surface area contributed by atoms with E-state index < -0.39 is 0 Å². The van der Waals surface area contributed by atoms with Crippen LogP contribution in [0.15, 0.2) is 59.4 Å². The number of ether oxygens (including phenoxy) is 1. The number of fused-ring (bicyclic) bond motifs is 2. The molecule has 1 amide bonds. The number of nitrogens with zero attached hydrogens (tertiary/aromatic N) is 3. The highest BCUT2D eigenvalue weighted by atomic mass is 35.5. The fourth-order valence-electron chi connectivity index (χ4n) is 5.13. The molecule has 4 aromatic rings. The van der Waals surface area contributed by atoms with Crippen molar-refractivity contribution in [1.29, 1.82) is 0 Å². The molecule has 0 spiro atoms. The zero-order valence-corrected chi connectivity index (χ0v) is 23.0. The summed E-state index contributed by atoms with van der Waals surface area (Å²) in [7, 11) is 5.38. The lowest BCUT2D eigenvalue weighted by molar-refractivity contribution is 0.0964. The molecule has 0 unspecified atom stereocenters. The first-order valence-corrected chi connectivity index (χ1v) is 13.2. The number of amides is 1. The molecule has 196 valence electrons. The Kier molecular flexibility index (Phi) is 8.42. The third-order valence-electron chi connectivity index (χ3n) is 7.30. The summed E-state index contributed by atoms with van der Waals surface area (Å²) in [5.74, 6) is 0.397. The average Bonchev–Trinajstić information content (AvgIpc) is 3.35. The van der Waals surface area contributed by atoms with Crippen molar-refractivity contribution in [3.8, 4) is 5.75 Å². The van der Waals surface area contributed by atoms with Crippen molar-refractivity contribution >= 4 is 55.6 Å². The molecule has 9 heteroatoms. The van der Waals surface area contributed by atoms with Gasteiger partial charge in [-0.1, -0.05) is 18.2 Å². The number of likely N-dealkylation sites (tertiary alicyclic amines) is 1. The number of anilines is 1. The van der Waals surface area contributed by atoms with Crippen molar-refractivity contribution in [1.82, 2.24) is 14.8 Å². The lowest BCUT2D eigenvalue weighted by Gasteiger charge is -2.37. The van der Waals surface area contributed by atoms with Gasteiger partial charge in [0.05, 0.1) is 23.2 Å². The number of carbonyl (C=O) groups is 1. The van der Waals surface area contributed by atoms with E-state index in [1.807, 2.05) is 29.5 Å². The monoisotopic (exact) mass is 540 g/mol. The second kappa shape index (κ2) is 11.5. The SMILES string of the molecule is CNC(=O)c1cc(=O)n(CCN2CCC(N(C)c3cc4ccccc4s3)CC2)c2cc(OC)ccc12.Cl. The quantitative estimate of drug-likeness (QED) is 0.371. The number of piperidine rings is 1. The van der Waals surface area contributed by atoms with Crippen LogP contribution in [0.25, 0.3) is 21.0 Å². The van der Waals surface area contributed by atoms with Gasteiger partial charge < -0.3 is 24.4 Å². The fraction of sp³-hybridized carbons (Fsp3) is 0.357. The van der Waals surface area contributed by atoms with Crippen molar-refractivity contribution in [3.63, 3.8) is 0 Å². The van der Waals surface area contributed by atoms with E-state index in [1.165, 1.54) is 21.2 Å². The molecule has 0 saturated carbocycles. The molecule has 0 bridgehead atoms. The highest BCUT2D eigenvalue weighted by Gasteiger charge is 2.24. The topological polar surface area (TPSA) is 66.8 Å². The number of hydrogen-bond acceptors (Lipinski definition) is 6. The predicted octanol–water partition coefficient (Wildman–Crippen LogP) is 4.61. The van der Waals surface area contributed by atoms with Gasteiger partial charge in [0.2, 0.25) is 0 Å². The standard InChI is InChI=1S/C28H32N4O3S.ClH/c1-29-28(34)23-18-26(33)32(24-17-21(35-3)8-9-22(23)24)15-14-31-12-10-20(11-13-31)30(2)27-16-19-6-4-5-7-25(19)36-27;/h4-9,16-18,20H,10-15H2,1-3H3,(H,29,34);1H. The van der Waals surface area contributed by atoms with E-state index in [9.17, 15) is 9.59 Å². The summed E-state index contributed by atoms with van der Waals surface area (Å²) in [5, 5.41) is 6.01. The maximum atomic E-state index is 13.0. The summed E-state index contributed by atoms with van der Waals surface area (Å²) in [4.78, 5) is 30.3. The van der Waals surface area contributed by atoms with Crippen LogP contribution in [0.1, 0.15) is 23.2 Å². The van der Waals surface area contributed by atoms with Gasteiger partial charge in [0, 0.05) is 68.5 Å². The summed E-state index contributed by atoms with van der Waals surface area (Å²) in [5.41, 5.74) is 0.940. The molecule has 7 nitrogen and oxygen atoms in total. The molecule has 0 radical (unpaired) electrons. The van der Waals surface area contributed by atoms with Gasteiger partial charge in [-0.2, -0.15) is 0 Å². The van der Waals surface area contributed by atoms with Crippen molar-refractivity contribution in [2.75, 3.05) is 45.7 Å². The number of thiophene rings is 1. The lowest BCUT2D eigenvalue weighted by Crippen LogP contribution is -2.44. The molecule has 1 fully saturated rings. The van der Waals surface area contributed by atoms with Crippen molar-refractivity contribution in [2.45, 2.75) is 25.4 Å². The molecule has 3 heterocycles. The van der Waals surface area contributed by atoms with Crippen LogP contribution in [0.5, 0.6) is 5.75 Å². The van der Waals surface area contributed by atoms with Crippen LogP contribution in [-0.2, 0) is 6.54 Å². The molecule has 1 aliphatic heterocycles. The van der Waals surface area contributed by atoms with E-state index in [0.29, 0.717) is 23.9 Å². The number of benzene rings is 2. The van der Waals surface area contributed by atoms with Crippen molar-refractivity contribution < 1.29 is 9.53 Å². The molecular weight excluding hydrogens is 508 g/mol. The predicted molar refractivity (Wildman–Crippen MR) is 155 cm³/mol. The van der Waals surface area contributed by atoms with Crippen LogP contribution in [0.2, 0.25) is 0 Å². The number of halogens is 1. The normalized spacial score (nSPS) is 14.5. The second-order valence-electron chi connectivity index (χ2n) is 9.32. The van der Waals surface area contributed by atoms with Gasteiger partial charge in [0.15, 0.2) is 0 Å². The van der Waals surface area contributed by atoms with Crippen LogP contribution < -0.4 is 20.5 Å². The molecule has 0 atom stereocenters. The maximum Gasteiger partial charge on any atom is 0.251 e. The van der Waals surface area contributed by atoms with Crippen LogP contribution in [0.4, 0.5) is 5.00 Å². The first kappa shape index (κ1) is 27.0. The highest BCUT2D eigenvalue weighted by Crippen LogP contribution is 2.34. The van der Waals surface area contributed by atoms with E-state index in [-0.39, 0.29) is 23.9 Å². The Balaban J connectivity index is 0.00000320. The smallest absolute Gasteiger partial charge is 0.251 e. The van der Waals surface area contributed by atoms with E-state index in [2.05, 4.69) is 52.5 Å². The minimum Gasteiger partial charge on any atom is -0.497 e. The first-order chi connectivity index (χ1) is 17.5. The average molecular weight is 541 g/mol. The number of pyridine rings is 1. The van der Waals surface area contributed by atoms with Crippen molar-refractivity contribution in [2.24, 2.45) is 0 Å². The zero-order chi connectivity index (χ0) is 25.2. The van der Waals surface area contributed by atoms with Crippen LogP contribution in [0.3, 0.4) is 0 Å². The molecule has 37 heavy (non-hydrogen) atoms. The van der Waals surface area contributed by atoms with Gasteiger partial charge in [0.1, 0.15) is 5.75 Å². The summed E-state index contributed by atoms with van der Waals surface area (Å²) in [6.45, 7) is 3.33. The van der Waals surface area contributed by atoms with E-state index in [4.69, 9.17) is 4.74 Å². The number of methoxy groups -OCH3 is 1. The summed E-state index contributed by atoms with van der Waals surface area (Å²) in [6, 6.07) is 18.3. The number of hydrogen-bond donors (Lipinski definition) is 1. The molecule has 2 aromatic heterocycles. The number of aromatic nitrogens is 1. The first-order valence-electron chi connectivity index (χ1n) is 12.4. The molecule has 1 saturated heterocycles. The highest BCUT2D eigenvalue weighted by molar-refractivity contribution is 7.22. The zero-order valence-electron chi connectivity index (χ0n) is 21.4. The van der Waals surface area contributed by atoms with Gasteiger partial charge in [0.25, 0.3) is 11.5 Å².